The second kappa shape index (κ2) is 22.5. The fraction of sp³-hybridized carbons (Fsp3) is 0.200. The smallest absolute Gasteiger partial charge is 0.206 e. The molecule has 4 aliphatic carbocycles. The molecule has 0 radical (unpaired) electrons. The van der Waals surface area contributed by atoms with E-state index in [1.54, 1.807) is 0 Å². The third-order valence-corrected chi connectivity index (χ3v) is 18.6. The van der Waals surface area contributed by atoms with E-state index in [1.807, 2.05) is 0 Å². The Labute approximate surface area is 563 Å². The van der Waals surface area contributed by atoms with E-state index >= 15 is 202 Å². The lowest BCUT2D eigenvalue weighted by molar-refractivity contribution is -0.290. The van der Waals surface area contributed by atoms with Crippen molar-refractivity contribution in [2.45, 2.75) is 71.1 Å². The number of halogens is 50. The molecule has 0 heterocycles. The molecule has 0 fully saturated rings. The molecule has 0 aliphatic heterocycles. The summed E-state index contributed by atoms with van der Waals surface area (Å²) in [4.78, 5) is 0. The molecule has 110 heavy (non-hydrogen) atoms. The molecule has 0 amide bonds. The molecule has 0 N–H and O–H groups in total. The average Bonchev–Trinajstić information content (AvgIpc) is 1.50. The molecule has 590 valence electrons. The Bertz CT molecular complexity index is 5200. The molecule has 0 spiro atoms. The van der Waals surface area contributed by atoms with E-state index in [0.29, 0.717) is 0 Å². The predicted molar refractivity (Wildman–Crippen MR) is 255 cm³/mol. The van der Waals surface area contributed by atoms with Crippen LogP contribution in [0.4, 0.5) is 220 Å². The van der Waals surface area contributed by atoms with E-state index in [9.17, 15) is 17.6 Å². The summed E-state index contributed by atoms with van der Waals surface area (Å²) in [5.74, 6) is -112. The van der Waals surface area contributed by atoms with Crippen molar-refractivity contribution in [2.75, 3.05) is 0 Å². The van der Waals surface area contributed by atoms with Crippen LogP contribution in [0.15, 0.2) is 0 Å². The Hall–Kier alpha value is -9.74. The molecule has 0 saturated heterocycles. The van der Waals surface area contributed by atoms with Crippen LogP contribution in [0.25, 0.3) is 77.9 Å². The van der Waals surface area contributed by atoms with Gasteiger partial charge in [0.2, 0.25) is 21.7 Å². The monoisotopic (exact) mass is 1670 g/mol. The van der Waals surface area contributed by atoms with Gasteiger partial charge in [0.1, 0.15) is 34.9 Å². The largest absolute Gasteiger partial charge is 0.411 e. The third-order valence-electron chi connectivity index (χ3n) is 18.6. The second-order valence-electron chi connectivity index (χ2n) is 23.4. The fourth-order valence-corrected chi connectivity index (χ4v) is 14.6. The molecular formula is C60F50. The lowest BCUT2D eigenvalue weighted by Gasteiger charge is -2.37. The van der Waals surface area contributed by atoms with E-state index in [1.165, 1.54) is 0 Å². The molecule has 0 unspecified atom stereocenters. The van der Waals surface area contributed by atoms with Crippen molar-refractivity contribution < 1.29 is 220 Å². The summed E-state index contributed by atoms with van der Waals surface area (Å²) in [7, 11) is 0. The topological polar surface area (TPSA) is 0 Å². The van der Waals surface area contributed by atoms with Crippen LogP contribution in [-0.2, 0) is 21.7 Å². The summed E-state index contributed by atoms with van der Waals surface area (Å²) in [6, 6.07) is 0. The van der Waals surface area contributed by atoms with Gasteiger partial charge in [-0.25, -0.2) is 114 Å². The van der Waals surface area contributed by atoms with E-state index in [0.717, 1.165) is 0 Å². The first-order valence-corrected chi connectivity index (χ1v) is 27.2. The zero-order valence-corrected chi connectivity index (χ0v) is 48.9. The molecule has 0 saturated carbocycles. The minimum atomic E-state index is -8.56. The number of benzene rings is 8. The molecule has 0 nitrogen and oxygen atoms in total. The lowest BCUT2D eigenvalue weighted by atomic mass is 9.73. The van der Waals surface area contributed by atoms with E-state index in [2.05, 4.69) is 0 Å². The Morgan fingerprint density at radius 2 is 0.182 bits per heavy atom. The van der Waals surface area contributed by atoms with Crippen LogP contribution >= 0.6 is 0 Å². The highest BCUT2D eigenvalue weighted by molar-refractivity contribution is 5.95. The quantitative estimate of drug-likeness (QED) is 0.0940. The maximum Gasteiger partial charge on any atom is 0.411 e. The molecule has 8 aromatic carbocycles. The van der Waals surface area contributed by atoms with Gasteiger partial charge in [-0.15, -0.1) is 0 Å². The van der Waals surface area contributed by atoms with E-state index < -0.39 is 345 Å². The van der Waals surface area contributed by atoms with Gasteiger partial charge in [0, 0.05) is 89.0 Å². The van der Waals surface area contributed by atoms with Crippen LogP contribution in [0, 0.1) is 151 Å². The first-order valence-electron chi connectivity index (χ1n) is 27.2. The molecule has 8 aromatic rings. The highest BCUT2D eigenvalue weighted by atomic mass is 19.5. The van der Waals surface area contributed by atoms with E-state index in [-0.39, 0.29) is 0 Å². The maximum atomic E-state index is 17.6. The van der Waals surface area contributed by atoms with Crippen molar-refractivity contribution in [1.82, 2.24) is 0 Å². The van der Waals surface area contributed by atoms with Gasteiger partial charge in [-0.1, -0.05) is 0 Å². The van der Waals surface area contributed by atoms with Crippen LogP contribution in [0.2, 0.25) is 0 Å². The molecule has 50 heteroatoms. The number of fused-ring (bicyclic) bond motifs is 12. The van der Waals surface area contributed by atoms with Gasteiger partial charge in [-0.2, -0.15) is 105 Å². The summed E-state index contributed by atoms with van der Waals surface area (Å²) < 4.78 is 796. The standard InChI is InChI=1S/C60F50/c61-23-9(37(75)29(67)1-3-17(49(15(1)23,53(87,88)89)54(90,91)92)25(63)11(39(77)31(3)69)13-27(65)19-5(33(71)41(13)79)7-21(43(81)47(85)45(83)35(7)73)51(19,57(99,100)101)58(102,103)104)10-24(62)16-2(30(68)38(10)76)4-18(50(16,55(93,94)95)56(96,97)98)26(64)12(40(78)32(4)70)14-28(66)20-6(34(72)42(14)80)8-22(44(82)48(86)46(84)36(8)74)52(20,59(105,106)107)60(108,109)110. The van der Waals surface area contributed by atoms with Gasteiger partial charge in [0.25, 0.3) is 0 Å². The van der Waals surface area contributed by atoms with Crippen LogP contribution in [-0.4, -0.2) is 49.4 Å². The van der Waals surface area contributed by atoms with Crippen LogP contribution in [0.3, 0.4) is 0 Å². The molecule has 12 rings (SSSR count). The summed E-state index contributed by atoms with van der Waals surface area (Å²) in [6.45, 7) is 0. The molecule has 0 bridgehead atoms. The zero-order chi connectivity index (χ0) is 83.7. The highest BCUT2D eigenvalue weighted by Gasteiger charge is 2.84. The molecular weight excluding hydrogens is 1670 g/mol. The van der Waals surface area contributed by atoms with E-state index in [4.69, 9.17) is 0 Å². The first kappa shape index (κ1) is 79.8. The minimum absolute atomic E-state index is 3.49. The maximum absolute atomic E-state index is 17.6. The lowest BCUT2D eigenvalue weighted by Crippen LogP contribution is -2.55. The Morgan fingerprint density at radius 1 is 0.100 bits per heavy atom. The van der Waals surface area contributed by atoms with Crippen LogP contribution in [0.1, 0.15) is 44.5 Å². The van der Waals surface area contributed by atoms with Crippen LogP contribution in [0.5, 0.6) is 0 Å². The zero-order valence-electron chi connectivity index (χ0n) is 48.9. The van der Waals surface area contributed by atoms with Crippen molar-refractivity contribution in [3.63, 3.8) is 0 Å². The molecule has 0 atom stereocenters. The summed E-state index contributed by atoms with van der Waals surface area (Å²) in [6.07, 6.45) is -66.3. The molecule has 4 aliphatic rings. The summed E-state index contributed by atoms with van der Waals surface area (Å²) >= 11 is 0. The summed E-state index contributed by atoms with van der Waals surface area (Å²) in [5.41, 5.74) is -123. The number of hydrogen-bond acceptors (Lipinski definition) is 0. The van der Waals surface area contributed by atoms with Gasteiger partial charge >= 0.3 is 49.4 Å². The van der Waals surface area contributed by atoms with Gasteiger partial charge in [0.05, 0.1) is 33.4 Å². The minimum Gasteiger partial charge on any atom is -0.206 e. The molecule has 0 aromatic heterocycles. The van der Waals surface area contributed by atoms with Gasteiger partial charge in [0.15, 0.2) is 116 Å². The third kappa shape index (κ3) is 8.52. The predicted octanol–water partition coefficient (Wildman–Crippen LogP) is 23.9. The van der Waals surface area contributed by atoms with Gasteiger partial charge in [-0.05, 0) is 0 Å². The van der Waals surface area contributed by atoms with Crippen molar-refractivity contribution in [3.8, 4) is 77.9 Å². The van der Waals surface area contributed by atoms with Crippen LogP contribution < -0.4 is 0 Å². The summed E-state index contributed by atoms with van der Waals surface area (Å²) in [5, 5.41) is 0. The van der Waals surface area contributed by atoms with Crippen molar-refractivity contribution in [3.05, 3.63) is 196 Å². The van der Waals surface area contributed by atoms with Gasteiger partial charge < -0.3 is 0 Å². The SMILES string of the molecule is Fc1c(F)c(F)c2c(c1F)-c1c(F)c(F)c(-c3c(F)c(F)c4c(c3F)C(C(F)(F)F)(C(F)(F)F)c3c(F)c(-c5c(F)c(F)c6c(c5F)C(C(F)(F)F)(C(F)(F)F)c5c(F)c(-c7c(F)c(F)c8c(c7F)C(C(F)(F)F)(C(F)(F)F)c7c(F)c(F)c(F)c(F)c7-8)c(F)c(F)c5-6)c(F)c(F)c3-4)c(F)c1C2(C(F)(F)F)C(F)(F)F. The average molecular weight is 1670 g/mol. The number of rotatable bonds is 3. The number of hydrogen-bond donors (Lipinski definition) is 0. The Kier molecular flexibility index (Phi) is 16.3. The fourth-order valence-electron chi connectivity index (χ4n) is 14.6. The normalized spacial score (nSPS) is 16.2. The van der Waals surface area contributed by atoms with Gasteiger partial charge in [-0.3, -0.25) is 0 Å². The first-order chi connectivity index (χ1) is 49.7. The Morgan fingerprint density at radius 3 is 0.291 bits per heavy atom. The van der Waals surface area contributed by atoms with Crippen molar-refractivity contribution in [2.24, 2.45) is 0 Å². The highest BCUT2D eigenvalue weighted by Crippen LogP contribution is 2.74. The Balaban J connectivity index is 1.19. The van der Waals surface area contributed by atoms with Crippen molar-refractivity contribution >= 4 is 0 Å². The second-order valence-corrected chi connectivity index (χ2v) is 23.4. The number of alkyl halides is 24. The van der Waals surface area contributed by atoms with Crippen molar-refractivity contribution in [1.29, 1.82) is 0 Å².